The third-order valence-electron chi connectivity index (χ3n) is 1.81. The molecule has 0 amide bonds. The molecule has 1 N–H and O–H groups in total. The molecule has 2 atom stereocenters. The predicted molar refractivity (Wildman–Crippen MR) is 73.7 cm³/mol. The van der Waals surface area contributed by atoms with Crippen molar-refractivity contribution in [2.24, 2.45) is 0 Å². The zero-order valence-electron chi connectivity index (χ0n) is 9.25. The average molecular weight is 321 g/mol. The summed E-state index contributed by atoms with van der Waals surface area (Å²) in [6.45, 7) is 3.80. The van der Waals surface area contributed by atoms with E-state index in [4.69, 9.17) is 25.3 Å². The van der Waals surface area contributed by atoms with Gasteiger partial charge in [0.2, 0.25) is 0 Å². The molecule has 0 aliphatic heterocycles. The van der Waals surface area contributed by atoms with Gasteiger partial charge in [0.05, 0.1) is 0 Å². The van der Waals surface area contributed by atoms with Crippen LogP contribution in [0.4, 0.5) is 5.69 Å². The summed E-state index contributed by atoms with van der Waals surface area (Å²) in [5, 5.41) is 13.6. The first kappa shape index (κ1) is 19.4. The zero-order valence-corrected chi connectivity index (χ0v) is 11.9. The van der Waals surface area contributed by atoms with E-state index in [1.807, 2.05) is 37.3 Å². The zero-order chi connectivity index (χ0) is 12.4. The Bertz CT molecular complexity index is 260. The van der Waals surface area contributed by atoms with Crippen molar-refractivity contribution in [2.45, 2.75) is 39.8 Å². The molecule has 0 fully saturated rings. The van der Waals surface area contributed by atoms with Gasteiger partial charge in [0.1, 0.15) is 0 Å². The van der Waals surface area contributed by atoms with Crippen molar-refractivity contribution in [1.82, 2.24) is 0 Å². The van der Waals surface area contributed by atoms with Crippen LogP contribution in [0, 0.1) is 0 Å². The van der Waals surface area contributed by atoms with Gasteiger partial charge in [-0.1, -0.05) is 44.7 Å². The summed E-state index contributed by atoms with van der Waals surface area (Å²) in [5.74, 6) is 0. The standard InChI is InChI=1S/C11H16NO.CH4.2ClH.Fe/c1-9(8-10(2)13)12-11-6-4-3-5-7-11;;;;/h3-7,9-10,13H,8H2,1-2H3;1H4;2*1H;/q-1;;;;+3/p-2. The molecule has 1 aromatic rings. The van der Waals surface area contributed by atoms with Gasteiger partial charge in [-0.25, -0.2) is 0 Å². The molecule has 5 heteroatoms. The third kappa shape index (κ3) is 12.3. The Morgan fingerprint density at radius 2 is 1.71 bits per heavy atom. The van der Waals surface area contributed by atoms with Crippen molar-refractivity contribution in [1.29, 1.82) is 0 Å². The fourth-order valence-corrected chi connectivity index (χ4v) is 1.31. The van der Waals surface area contributed by atoms with E-state index in [-0.39, 0.29) is 32.7 Å². The van der Waals surface area contributed by atoms with Crippen molar-refractivity contribution in [3.63, 3.8) is 0 Å². The summed E-state index contributed by atoms with van der Waals surface area (Å²) in [5.41, 5.74) is 0.982. The number of nitrogens with zero attached hydrogens (tertiary/aromatic N) is 1. The minimum absolute atomic E-state index is 0. The van der Waals surface area contributed by atoms with Crippen LogP contribution in [0.5, 0.6) is 0 Å². The molecule has 0 aromatic heterocycles. The van der Waals surface area contributed by atoms with Gasteiger partial charge in [-0.15, -0.1) is 11.7 Å². The van der Waals surface area contributed by atoms with Crippen LogP contribution < -0.4 is 0 Å². The molecule has 0 spiro atoms. The van der Waals surface area contributed by atoms with Crippen LogP contribution in [-0.2, 0) is 13.1 Å². The third-order valence-corrected chi connectivity index (χ3v) is 1.81. The molecule has 1 aromatic carbocycles. The van der Waals surface area contributed by atoms with E-state index in [2.05, 4.69) is 5.32 Å². The Hall–Kier alpha value is 0.0795. The number of halogens is 2. The topological polar surface area (TPSA) is 34.3 Å². The summed E-state index contributed by atoms with van der Waals surface area (Å²) in [4.78, 5) is 0. The number of aliphatic hydroxyl groups excluding tert-OH is 1. The van der Waals surface area contributed by atoms with Crippen molar-refractivity contribution < 1.29 is 18.2 Å². The maximum atomic E-state index is 9.14. The fourth-order valence-electron chi connectivity index (χ4n) is 1.31. The molecule has 0 aliphatic carbocycles. The second-order valence-corrected chi connectivity index (χ2v) is 5.27. The molecule has 0 heterocycles. The number of aliphatic hydroxyl groups is 1. The SMILES string of the molecule is C.CC(O)CC(C)[N-]c1ccccc1.[Cl][Fe+][Cl]. The van der Waals surface area contributed by atoms with E-state index in [0.29, 0.717) is 0 Å². The van der Waals surface area contributed by atoms with Crippen molar-refractivity contribution in [3.8, 4) is 0 Å². The maximum absolute atomic E-state index is 9.14. The molecule has 0 saturated heterocycles. The first-order chi connectivity index (χ1) is 7.60. The van der Waals surface area contributed by atoms with Gasteiger partial charge >= 0.3 is 33.3 Å². The van der Waals surface area contributed by atoms with Gasteiger partial charge < -0.3 is 10.4 Å². The fraction of sp³-hybridized carbons (Fsp3) is 0.500. The van der Waals surface area contributed by atoms with Crippen LogP contribution in [0.15, 0.2) is 30.3 Å². The summed E-state index contributed by atoms with van der Waals surface area (Å²) < 4.78 is 0. The van der Waals surface area contributed by atoms with E-state index in [1.54, 1.807) is 6.92 Å². The van der Waals surface area contributed by atoms with Crippen molar-refractivity contribution >= 4 is 25.9 Å². The van der Waals surface area contributed by atoms with E-state index in [1.165, 1.54) is 0 Å². The number of para-hydroxylation sites is 1. The second-order valence-electron chi connectivity index (χ2n) is 3.45. The number of benzene rings is 1. The molecule has 0 bridgehead atoms. The summed E-state index contributed by atoms with van der Waals surface area (Å²) in [6.07, 6.45) is 0.442. The number of rotatable bonds is 4. The first-order valence-electron chi connectivity index (χ1n) is 4.89. The minimum atomic E-state index is -0.275. The molecule has 1 rings (SSSR count). The quantitative estimate of drug-likeness (QED) is 0.789. The van der Waals surface area contributed by atoms with Crippen LogP contribution in [0.25, 0.3) is 5.32 Å². The van der Waals surface area contributed by atoms with Crippen LogP contribution in [0.2, 0.25) is 0 Å². The van der Waals surface area contributed by atoms with Gasteiger partial charge in [0.15, 0.2) is 0 Å². The normalized spacial score (nSPS) is 12.5. The Balaban J connectivity index is 0. The monoisotopic (exact) mass is 320 g/mol. The Kier molecular flexibility index (Phi) is 14.3. The van der Waals surface area contributed by atoms with Crippen LogP contribution >= 0.6 is 20.2 Å². The van der Waals surface area contributed by atoms with Gasteiger partial charge in [-0.2, -0.15) is 0 Å². The van der Waals surface area contributed by atoms with E-state index >= 15 is 0 Å². The summed E-state index contributed by atoms with van der Waals surface area (Å²) in [6, 6.07) is 10.0. The second kappa shape index (κ2) is 12.5. The van der Waals surface area contributed by atoms with Gasteiger partial charge in [0.25, 0.3) is 0 Å². The van der Waals surface area contributed by atoms with Crippen molar-refractivity contribution in [3.05, 3.63) is 35.6 Å². The van der Waals surface area contributed by atoms with E-state index in [9.17, 15) is 0 Å². The van der Waals surface area contributed by atoms with Crippen molar-refractivity contribution in [2.75, 3.05) is 0 Å². The Labute approximate surface area is 119 Å². The molecular formula is C12H20Cl2FeNO. The Morgan fingerprint density at radius 1 is 1.24 bits per heavy atom. The molecule has 2 unspecified atom stereocenters. The molecular weight excluding hydrogens is 301 g/mol. The van der Waals surface area contributed by atoms with Gasteiger partial charge in [0, 0.05) is 6.10 Å². The van der Waals surface area contributed by atoms with Crippen LogP contribution in [0.3, 0.4) is 0 Å². The summed E-state index contributed by atoms with van der Waals surface area (Å²) in [7, 11) is 9.53. The van der Waals surface area contributed by atoms with E-state index < -0.39 is 0 Å². The molecule has 0 saturated carbocycles. The van der Waals surface area contributed by atoms with Crippen LogP contribution in [-0.4, -0.2) is 17.3 Å². The molecule has 2 nitrogen and oxygen atoms in total. The number of hydrogen-bond acceptors (Lipinski definition) is 1. The average Bonchev–Trinajstić information content (AvgIpc) is 2.18. The molecule has 101 valence electrons. The summed E-state index contributed by atoms with van der Waals surface area (Å²) >= 11 is 0.194. The molecule has 17 heavy (non-hydrogen) atoms. The Morgan fingerprint density at radius 3 is 2.12 bits per heavy atom. The van der Waals surface area contributed by atoms with Gasteiger partial charge in [-0.05, 0) is 13.3 Å². The van der Waals surface area contributed by atoms with Crippen LogP contribution in [0.1, 0.15) is 27.7 Å². The first-order valence-corrected chi connectivity index (χ1v) is 7.93. The number of hydrogen-bond donors (Lipinski definition) is 1. The molecule has 0 radical (unpaired) electrons. The van der Waals surface area contributed by atoms with E-state index in [0.717, 1.165) is 12.1 Å². The van der Waals surface area contributed by atoms with Gasteiger partial charge in [-0.3, -0.25) is 0 Å². The predicted octanol–water partition coefficient (Wildman–Crippen LogP) is 4.86. The molecule has 0 aliphatic rings.